The molecule has 43 heavy (non-hydrogen) atoms. The van der Waals surface area contributed by atoms with Gasteiger partial charge in [0.1, 0.15) is 17.6 Å². The molecule has 0 aromatic carbocycles. The first-order valence-corrected chi connectivity index (χ1v) is 13.6. The number of pyridine rings is 3. The molecule has 216 valence electrons. The first kappa shape index (κ1) is 26.6. The van der Waals surface area contributed by atoms with Crippen molar-refractivity contribution in [3.8, 4) is 28.3 Å². The van der Waals surface area contributed by atoms with Crippen molar-refractivity contribution in [3.63, 3.8) is 0 Å². The number of hydrogen-bond acceptors (Lipinski definition) is 7. The number of piperidine rings is 1. The van der Waals surface area contributed by atoms with Crippen LogP contribution in [0.5, 0.6) is 0 Å². The Morgan fingerprint density at radius 3 is 2.51 bits per heavy atom. The molecule has 3 atom stereocenters. The summed E-state index contributed by atoms with van der Waals surface area (Å²) in [5, 5.41) is 21.1. The third kappa shape index (κ3) is 4.84. The van der Waals surface area contributed by atoms with Crippen molar-refractivity contribution < 1.29 is 18.0 Å². The third-order valence-corrected chi connectivity index (χ3v) is 8.34. The zero-order valence-electron chi connectivity index (χ0n) is 22.8. The second-order valence-electron chi connectivity index (χ2n) is 10.9. The SMILES string of the molecule is Cn1cc(-c2cc(-c3ccc(N4C[C@@H]5C(CNC(=O)c6ccnc(C(F)(F)F)c6)[C@@H]5C4)nc3)c3c(C#N)cnn3c2)cn1. The van der Waals surface area contributed by atoms with Crippen molar-refractivity contribution in [1.29, 1.82) is 5.26 Å². The molecule has 5 aromatic heterocycles. The molecular weight excluding hydrogens is 559 g/mol. The molecule has 1 aliphatic carbocycles. The van der Waals surface area contributed by atoms with Crippen LogP contribution in [-0.4, -0.2) is 54.9 Å². The lowest BCUT2D eigenvalue weighted by Gasteiger charge is -2.21. The van der Waals surface area contributed by atoms with Gasteiger partial charge in [0, 0.05) is 79.3 Å². The zero-order valence-corrected chi connectivity index (χ0v) is 22.8. The largest absolute Gasteiger partial charge is 0.433 e. The van der Waals surface area contributed by atoms with E-state index in [4.69, 9.17) is 4.98 Å². The zero-order chi connectivity index (χ0) is 29.9. The number of aryl methyl sites for hydroxylation is 1. The van der Waals surface area contributed by atoms with Gasteiger partial charge in [-0.1, -0.05) is 0 Å². The molecule has 1 N–H and O–H groups in total. The van der Waals surface area contributed by atoms with Crippen molar-refractivity contribution in [1.82, 2.24) is 34.7 Å². The lowest BCUT2D eigenvalue weighted by Crippen LogP contribution is -2.31. The number of carbonyl (C=O) groups excluding carboxylic acids is 1. The third-order valence-electron chi connectivity index (χ3n) is 8.34. The molecule has 1 saturated heterocycles. The number of halogens is 3. The number of alkyl halides is 3. The standard InChI is InChI=1S/C30H24F3N9O/c1-40-13-21(11-38-40)19-6-22(28-20(8-34)10-39-42(28)14-19)18-2-3-27(36-9-18)41-15-24-23(25(24)16-41)12-37-29(43)17-4-5-35-26(7-17)30(31,32)33/h2-7,9-11,13-14,23-25H,12,15-16H2,1H3,(H,37,43)/t23?,24-,25+. The number of fused-ring (bicyclic) bond motifs is 2. The van der Waals surface area contributed by atoms with Crippen LogP contribution in [-0.2, 0) is 13.2 Å². The summed E-state index contributed by atoms with van der Waals surface area (Å²) in [6, 6.07) is 10.3. The Bertz CT molecular complexity index is 1890. The number of anilines is 1. The molecule has 0 spiro atoms. The van der Waals surface area contributed by atoms with Crippen LogP contribution in [0.15, 0.2) is 67.5 Å². The van der Waals surface area contributed by atoms with Crippen molar-refractivity contribution in [2.75, 3.05) is 24.5 Å². The molecular formula is C30H24F3N9O. The Labute approximate surface area is 243 Å². The number of amides is 1. The number of aromatic nitrogens is 6. The number of carbonyl (C=O) groups is 1. The van der Waals surface area contributed by atoms with Gasteiger partial charge in [0.05, 0.1) is 23.5 Å². The van der Waals surface area contributed by atoms with Crippen LogP contribution in [0, 0.1) is 29.1 Å². The van der Waals surface area contributed by atoms with Crippen LogP contribution in [0.1, 0.15) is 21.6 Å². The molecule has 5 aromatic rings. The van der Waals surface area contributed by atoms with E-state index in [1.807, 2.05) is 37.6 Å². The maximum absolute atomic E-state index is 12.9. The van der Waals surface area contributed by atoms with E-state index in [-0.39, 0.29) is 11.5 Å². The van der Waals surface area contributed by atoms with Crippen molar-refractivity contribution in [3.05, 3.63) is 84.3 Å². The Hall–Kier alpha value is -5.25. The summed E-state index contributed by atoms with van der Waals surface area (Å²) in [7, 11) is 1.85. The lowest BCUT2D eigenvalue weighted by molar-refractivity contribution is -0.141. The topological polar surface area (TPSA) is 117 Å². The summed E-state index contributed by atoms with van der Waals surface area (Å²) in [6.07, 6.45) is 5.33. The number of hydrogen-bond donors (Lipinski definition) is 1. The molecule has 2 aliphatic rings. The summed E-state index contributed by atoms with van der Waals surface area (Å²) < 4.78 is 42.2. The predicted molar refractivity (Wildman–Crippen MR) is 150 cm³/mol. The van der Waals surface area contributed by atoms with Crippen molar-refractivity contribution >= 4 is 17.2 Å². The molecule has 6 heterocycles. The van der Waals surface area contributed by atoms with Gasteiger partial charge in [0.15, 0.2) is 0 Å². The molecule has 1 aliphatic heterocycles. The van der Waals surface area contributed by atoms with E-state index in [0.717, 1.165) is 53.4 Å². The Balaban J connectivity index is 1.03. The maximum atomic E-state index is 12.9. The van der Waals surface area contributed by atoms with Gasteiger partial charge in [-0.25, -0.2) is 9.50 Å². The van der Waals surface area contributed by atoms with Crippen LogP contribution < -0.4 is 10.2 Å². The highest BCUT2D eigenvalue weighted by atomic mass is 19.4. The molecule has 7 rings (SSSR count). The van der Waals surface area contributed by atoms with E-state index in [9.17, 15) is 23.2 Å². The van der Waals surface area contributed by atoms with Crippen LogP contribution in [0.25, 0.3) is 27.8 Å². The average molecular weight is 584 g/mol. The minimum Gasteiger partial charge on any atom is -0.356 e. The minimum absolute atomic E-state index is 0.0554. The number of nitrogens with zero attached hydrogens (tertiary/aromatic N) is 8. The van der Waals surface area contributed by atoms with Crippen LogP contribution in [0.3, 0.4) is 0 Å². The molecule has 2 fully saturated rings. The summed E-state index contributed by atoms with van der Waals surface area (Å²) in [4.78, 5) is 22.7. The summed E-state index contributed by atoms with van der Waals surface area (Å²) in [6.45, 7) is 1.98. The maximum Gasteiger partial charge on any atom is 0.433 e. The fraction of sp³-hybridized carbons (Fsp3) is 0.267. The highest BCUT2D eigenvalue weighted by molar-refractivity contribution is 5.94. The van der Waals surface area contributed by atoms with Crippen LogP contribution in [0.2, 0.25) is 0 Å². The summed E-state index contributed by atoms with van der Waals surface area (Å²) in [5.74, 6) is 1.34. The number of rotatable bonds is 6. The van der Waals surface area contributed by atoms with Gasteiger partial charge in [-0.15, -0.1) is 0 Å². The van der Waals surface area contributed by atoms with Gasteiger partial charge in [-0.3, -0.25) is 14.5 Å². The van der Waals surface area contributed by atoms with Crippen LogP contribution >= 0.6 is 0 Å². The van der Waals surface area contributed by atoms with Crippen LogP contribution in [0.4, 0.5) is 19.0 Å². The number of nitrogens with one attached hydrogen (secondary N) is 1. The Kier molecular flexibility index (Phi) is 6.16. The van der Waals surface area contributed by atoms with E-state index in [1.165, 1.54) is 6.07 Å². The van der Waals surface area contributed by atoms with Gasteiger partial charge in [0.25, 0.3) is 5.91 Å². The second-order valence-corrected chi connectivity index (χ2v) is 10.9. The molecule has 0 radical (unpaired) electrons. The molecule has 13 heteroatoms. The molecule has 0 bridgehead atoms. The van der Waals surface area contributed by atoms with Gasteiger partial charge >= 0.3 is 6.18 Å². The van der Waals surface area contributed by atoms with E-state index in [0.29, 0.717) is 29.5 Å². The summed E-state index contributed by atoms with van der Waals surface area (Å²) >= 11 is 0. The van der Waals surface area contributed by atoms with Gasteiger partial charge < -0.3 is 10.2 Å². The van der Waals surface area contributed by atoms with Crippen molar-refractivity contribution in [2.24, 2.45) is 24.8 Å². The molecule has 10 nitrogen and oxygen atoms in total. The lowest BCUT2D eigenvalue weighted by atomic mass is 10.0. The Morgan fingerprint density at radius 2 is 1.84 bits per heavy atom. The molecule has 1 amide bonds. The molecule has 1 unspecified atom stereocenters. The fourth-order valence-corrected chi connectivity index (χ4v) is 6.06. The van der Waals surface area contributed by atoms with Gasteiger partial charge in [-0.05, 0) is 48.1 Å². The Morgan fingerprint density at radius 1 is 1.02 bits per heavy atom. The normalized spacial score (nSPS) is 19.3. The first-order valence-electron chi connectivity index (χ1n) is 13.6. The number of nitriles is 1. The van der Waals surface area contributed by atoms with Gasteiger partial charge in [-0.2, -0.15) is 28.6 Å². The van der Waals surface area contributed by atoms with E-state index >= 15 is 0 Å². The highest BCUT2D eigenvalue weighted by Crippen LogP contribution is 2.52. The van der Waals surface area contributed by atoms with E-state index < -0.39 is 17.8 Å². The predicted octanol–water partition coefficient (Wildman–Crippen LogP) is 4.19. The smallest absolute Gasteiger partial charge is 0.356 e. The van der Waals surface area contributed by atoms with E-state index in [2.05, 4.69) is 31.5 Å². The van der Waals surface area contributed by atoms with E-state index in [1.54, 1.807) is 27.8 Å². The average Bonchev–Trinajstić information content (AvgIpc) is 3.44. The van der Waals surface area contributed by atoms with Crippen molar-refractivity contribution in [2.45, 2.75) is 6.18 Å². The first-order chi connectivity index (χ1) is 20.7. The monoisotopic (exact) mass is 583 g/mol. The van der Waals surface area contributed by atoms with Gasteiger partial charge in [0.2, 0.25) is 0 Å². The summed E-state index contributed by atoms with van der Waals surface area (Å²) in [5.41, 5.74) is 3.57. The molecule has 1 saturated carbocycles. The quantitative estimate of drug-likeness (QED) is 0.319. The fourth-order valence-electron chi connectivity index (χ4n) is 6.06. The highest BCUT2D eigenvalue weighted by Gasteiger charge is 2.55. The second kappa shape index (κ2) is 9.94. The minimum atomic E-state index is -4.60.